The molecule has 0 saturated heterocycles. The molecule has 0 saturated carbocycles. The van der Waals surface area contributed by atoms with E-state index >= 15 is 0 Å². The van der Waals surface area contributed by atoms with E-state index in [4.69, 9.17) is 16.3 Å². The topological polar surface area (TPSA) is 93.2 Å². The summed E-state index contributed by atoms with van der Waals surface area (Å²) in [6.45, 7) is 5.36. The Labute approximate surface area is 142 Å². The number of anilines is 3. The van der Waals surface area contributed by atoms with E-state index in [-0.39, 0.29) is 11.0 Å². The van der Waals surface area contributed by atoms with Gasteiger partial charge in [0.25, 0.3) is 5.43 Å². The van der Waals surface area contributed by atoms with Crippen LogP contribution >= 0.6 is 23.3 Å². The van der Waals surface area contributed by atoms with Crippen molar-refractivity contribution in [2.45, 2.75) is 26.4 Å². The molecule has 23 heavy (non-hydrogen) atoms. The summed E-state index contributed by atoms with van der Waals surface area (Å²) in [6.07, 6.45) is -0.538. The number of halogens is 1. The fraction of sp³-hybridized carbons (Fsp3) is 0.286. The first-order valence-corrected chi connectivity index (χ1v) is 7.75. The average Bonchev–Trinajstić information content (AvgIpc) is 2.44. The Morgan fingerprint density at radius 1 is 1.17 bits per heavy atom. The van der Waals surface area contributed by atoms with E-state index in [0.717, 1.165) is 11.7 Å². The second-order valence-electron chi connectivity index (χ2n) is 5.56. The van der Waals surface area contributed by atoms with Crippen molar-refractivity contribution in [2.24, 2.45) is 0 Å². The number of nitrogens with zero attached hydrogens (tertiary/aromatic N) is 2. The first-order valence-electron chi connectivity index (χ1n) is 6.64. The minimum absolute atomic E-state index is 0.0999. The number of rotatable bonds is 3. The van der Waals surface area contributed by atoms with Gasteiger partial charge in [0.1, 0.15) is 5.60 Å². The molecule has 2 aromatic rings. The van der Waals surface area contributed by atoms with Crippen LogP contribution in [0.3, 0.4) is 0 Å². The van der Waals surface area contributed by atoms with Gasteiger partial charge in [-0.25, -0.2) is 4.79 Å². The second-order valence-corrected chi connectivity index (χ2v) is 6.45. The largest absolute Gasteiger partial charge is 0.444 e. The number of ether oxygens (including phenoxy) is 1. The third kappa shape index (κ3) is 5.19. The minimum atomic E-state index is -0.566. The van der Waals surface area contributed by atoms with E-state index in [1.807, 2.05) is 0 Å². The maximum absolute atomic E-state index is 11.7. The molecule has 0 unspecified atom stereocenters. The molecule has 1 amide bonds. The molecule has 9 heteroatoms. The first kappa shape index (κ1) is 17.2. The van der Waals surface area contributed by atoms with Gasteiger partial charge in [0, 0.05) is 11.4 Å². The Bertz CT molecular complexity index is 756. The third-order valence-electron chi connectivity index (χ3n) is 2.45. The number of nitrogens with one attached hydrogen (secondary N) is 2. The number of carbonyl (C=O) groups excluding carboxylic acids is 1. The van der Waals surface area contributed by atoms with Crippen LogP contribution in [-0.2, 0) is 4.74 Å². The van der Waals surface area contributed by atoms with Crippen LogP contribution in [0.4, 0.5) is 22.0 Å². The average molecular weight is 355 g/mol. The lowest BCUT2D eigenvalue weighted by Gasteiger charge is -2.19. The highest BCUT2D eigenvalue weighted by Crippen LogP contribution is 2.18. The monoisotopic (exact) mass is 354 g/mol. The molecule has 0 atom stereocenters. The summed E-state index contributed by atoms with van der Waals surface area (Å²) >= 11 is 6.50. The lowest BCUT2D eigenvalue weighted by atomic mass is 10.2. The zero-order valence-electron chi connectivity index (χ0n) is 12.7. The van der Waals surface area contributed by atoms with Crippen LogP contribution < -0.4 is 16.1 Å². The lowest BCUT2D eigenvalue weighted by molar-refractivity contribution is 0.0636. The summed E-state index contributed by atoms with van der Waals surface area (Å²) in [7, 11) is 0. The van der Waals surface area contributed by atoms with E-state index in [2.05, 4.69) is 19.4 Å². The fourth-order valence-electron chi connectivity index (χ4n) is 1.55. The van der Waals surface area contributed by atoms with Gasteiger partial charge in [0.05, 0.1) is 11.7 Å². The van der Waals surface area contributed by atoms with Gasteiger partial charge in [-0.3, -0.25) is 10.1 Å². The van der Waals surface area contributed by atoms with Crippen molar-refractivity contribution in [2.75, 3.05) is 10.6 Å². The van der Waals surface area contributed by atoms with Crippen molar-refractivity contribution in [3.8, 4) is 0 Å². The Morgan fingerprint density at radius 3 is 2.39 bits per heavy atom. The SMILES string of the molecule is CC(C)(C)OC(=O)Nc1ccc(Nc2nsnc(Cl)c2=O)cc1. The maximum Gasteiger partial charge on any atom is 0.412 e. The molecule has 0 aliphatic carbocycles. The number of carbonyl (C=O) groups is 1. The van der Waals surface area contributed by atoms with Gasteiger partial charge in [-0.1, -0.05) is 11.6 Å². The van der Waals surface area contributed by atoms with Crippen molar-refractivity contribution in [3.63, 3.8) is 0 Å². The smallest absolute Gasteiger partial charge is 0.412 e. The molecular formula is C14H15ClN4O3S. The summed E-state index contributed by atoms with van der Waals surface area (Å²) in [5.74, 6) is 0.0999. The van der Waals surface area contributed by atoms with Gasteiger partial charge in [0.15, 0.2) is 11.0 Å². The molecule has 0 bridgehead atoms. The molecule has 122 valence electrons. The lowest BCUT2D eigenvalue weighted by Crippen LogP contribution is -2.27. The van der Waals surface area contributed by atoms with Crippen LogP contribution in [0.25, 0.3) is 0 Å². The molecule has 0 spiro atoms. The van der Waals surface area contributed by atoms with Gasteiger partial charge < -0.3 is 10.1 Å². The molecule has 7 nitrogen and oxygen atoms in total. The van der Waals surface area contributed by atoms with E-state index in [1.165, 1.54) is 0 Å². The Hall–Kier alpha value is -2.19. The molecule has 0 radical (unpaired) electrons. The number of hydrogen-bond acceptors (Lipinski definition) is 7. The van der Waals surface area contributed by atoms with Crippen molar-refractivity contribution in [1.82, 2.24) is 8.75 Å². The predicted octanol–water partition coefficient (Wildman–Crippen LogP) is 3.64. The zero-order valence-corrected chi connectivity index (χ0v) is 14.3. The van der Waals surface area contributed by atoms with Crippen LogP contribution in [0.15, 0.2) is 29.1 Å². The molecule has 2 N–H and O–H groups in total. The zero-order chi connectivity index (χ0) is 17.0. The van der Waals surface area contributed by atoms with E-state index in [1.54, 1.807) is 45.0 Å². The van der Waals surface area contributed by atoms with E-state index < -0.39 is 17.1 Å². The van der Waals surface area contributed by atoms with Gasteiger partial charge in [-0.05, 0) is 45.0 Å². The Morgan fingerprint density at radius 2 is 1.78 bits per heavy atom. The van der Waals surface area contributed by atoms with Crippen molar-refractivity contribution in [1.29, 1.82) is 0 Å². The highest BCUT2D eigenvalue weighted by molar-refractivity contribution is 6.99. The van der Waals surface area contributed by atoms with Crippen LogP contribution in [0.5, 0.6) is 0 Å². The quantitative estimate of drug-likeness (QED) is 0.874. The van der Waals surface area contributed by atoms with E-state index in [0.29, 0.717) is 11.4 Å². The molecule has 0 aliphatic rings. The van der Waals surface area contributed by atoms with Gasteiger partial charge in [0.2, 0.25) is 0 Å². The number of aromatic nitrogens is 2. The Kier molecular flexibility index (Phi) is 5.17. The van der Waals surface area contributed by atoms with Gasteiger partial charge in [-0.2, -0.15) is 8.75 Å². The van der Waals surface area contributed by atoms with Gasteiger partial charge in [-0.15, -0.1) is 0 Å². The highest BCUT2D eigenvalue weighted by Gasteiger charge is 2.16. The molecular weight excluding hydrogens is 340 g/mol. The van der Waals surface area contributed by atoms with Crippen molar-refractivity contribution < 1.29 is 9.53 Å². The molecule has 1 aromatic heterocycles. The molecule has 2 rings (SSSR count). The van der Waals surface area contributed by atoms with Crippen LogP contribution in [0, 0.1) is 0 Å². The number of benzene rings is 1. The fourth-order valence-corrected chi connectivity index (χ4v) is 2.14. The molecule has 1 aromatic carbocycles. The standard InChI is InChI=1S/C14H15ClN4O3S/c1-14(2,3)22-13(21)17-9-6-4-8(5-7-9)16-12-10(20)11(15)18-23-19-12/h4-7H,1-3H3,(H,16,19)(H,17,21). The maximum atomic E-state index is 11.7. The number of hydrogen-bond donors (Lipinski definition) is 2. The van der Waals surface area contributed by atoms with Crippen molar-refractivity contribution in [3.05, 3.63) is 39.6 Å². The van der Waals surface area contributed by atoms with Crippen LogP contribution in [0.2, 0.25) is 5.15 Å². The summed E-state index contributed by atoms with van der Waals surface area (Å²) in [5.41, 5.74) is 0.152. The highest BCUT2D eigenvalue weighted by atomic mass is 35.5. The minimum Gasteiger partial charge on any atom is -0.444 e. The summed E-state index contributed by atoms with van der Waals surface area (Å²) in [4.78, 5) is 23.4. The van der Waals surface area contributed by atoms with E-state index in [9.17, 15) is 9.59 Å². The predicted molar refractivity (Wildman–Crippen MR) is 90.8 cm³/mol. The third-order valence-corrected chi connectivity index (χ3v) is 3.33. The van der Waals surface area contributed by atoms with Crippen LogP contribution in [-0.4, -0.2) is 20.4 Å². The summed E-state index contributed by atoms with van der Waals surface area (Å²) < 4.78 is 12.7. The molecule has 0 fully saturated rings. The molecule has 0 aliphatic heterocycles. The number of amides is 1. The second kappa shape index (κ2) is 6.93. The van der Waals surface area contributed by atoms with Crippen molar-refractivity contribution >= 4 is 46.6 Å². The Balaban J connectivity index is 2.04. The van der Waals surface area contributed by atoms with Gasteiger partial charge >= 0.3 is 6.09 Å². The van der Waals surface area contributed by atoms with Crippen LogP contribution in [0.1, 0.15) is 20.8 Å². The summed E-state index contributed by atoms with van der Waals surface area (Å²) in [6, 6.07) is 6.71. The molecule has 1 heterocycles. The normalized spacial score (nSPS) is 11.0. The first-order chi connectivity index (χ1) is 10.7. The summed E-state index contributed by atoms with van der Waals surface area (Å²) in [5, 5.41) is 5.34.